The Bertz CT molecular complexity index is 554. The first-order valence-corrected chi connectivity index (χ1v) is 5.17. The van der Waals surface area contributed by atoms with Crippen LogP contribution < -0.4 is 15.2 Å². The van der Waals surface area contributed by atoms with Crippen molar-refractivity contribution in [1.29, 1.82) is 5.41 Å². The summed E-state index contributed by atoms with van der Waals surface area (Å²) in [7, 11) is 1.58. The second-order valence-corrected chi connectivity index (χ2v) is 3.43. The largest absolute Gasteiger partial charge is 0.497 e. The van der Waals surface area contributed by atoms with Crippen LogP contribution in [0.3, 0.4) is 0 Å². The minimum absolute atomic E-state index is 0.129. The van der Waals surface area contributed by atoms with Crippen LogP contribution in [0.1, 0.15) is 5.69 Å². The van der Waals surface area contributed by atoms with Crippen molar-refractivity contribution in [3.8, 4) is 17.4 Å². The lowest BCUT2D eigenvalue weighted by atomic mass is 10.3. The third-order valence-electron chi connectivity index (χ3n) is 2.17. The first-order valence-electron chi connectivity index (χ1n) is 5.17. The maximum absolute atomic E-state index is 7.20. The van der Waals surface area contributed by atoms with Crippen molar-refractivity contribution in [3.05, 3.63) is 42.4 Å². The number of amidine groups is 1. The average molecular weight is 244 g/mol. The van der Waals surface area contributed by atoms with E-state index in [0.29, 0.717) is 23.1 Å². The summed E-state index contributed by atoms with van der Waals surface area (Å²) in [5.41, 5.74) is 5.59. The molecule has 0 radical (unpaired) electrons. The Balaban J connectivity index is 2.15. The van der Waals surface area contributed by atoms with Crippen LogP contribution in [0, 0.1) is 5.41 Å². The predicted octanol–water partition coefficient (Wildman–Crippen LogP) is 1.56. The van der Waals surface area contributed by atoms with Crippen LogP contribution >= 0.6 is 0 Å². The molecule has 18 heavy (non-hydrogen) atoms. The summed E-state index contributed by atoms with van der Waals surface area (Å²) < 4.78 is 10.6. The van der Waals surface area contributed by atoms with Gasteiger partial charge in [0.25, 0.3) is 0 Å². The van der Waals surface area contributed by atoms with Gasteiger partial charge >= 0.3 is 0 Å². The molecule has 0 saturated carbocycles. The molecule has 0 aliphatic carbocycles. The van der Waals surface area contributed by atoms with E-state index in [1.807, 2.05) is 12.1 Å². The number of hydrogen-bond acceptors (Lipinski definition) is 5. The number of methoxy groups -OCH3 is 1. The van der Waals surface area contributed by atoms with E-state index >= 15 is 0 Å². The normalized spacial score (nSPS) is 9.83. The maximum Gasteiger partial charge on any atom is 0.237 e. The highest BCUT2D eigenvalue weighted by Gasteiger charge is 2.03. The fraction of sp³-hybridized carbons (Fsp3) is 0.0833. The molecule has 6 nitrogen and oxygen atoms in total. The molecule has 3 N–H and O–H groups in total. The van der Waals surface area contributed by atoms with Crippen LogP contribution in [0.2, 0.25) is 0 Å². The Morgan fingerprint density at radius 1 is 1.22 bits per heavy atom. The number of aromatic nitrogens is 2. The molecular weight excluding hydrogens is 232 g/mol. The first-order chi connectivity index (χ1) is 8.69. The van der Waals surface area contributed by atoms with Crippen LogP contribution in [0.5, 0.6) is 17.4 Å². The quantitative estimate of drug-likeness (QED) is 0.628. The molecule has 0 saturated heterocycles. The van der Waals surface area contributed by atoms with E-state index in [2.05, 4.69) is 9.97 Å². The van der Waals surface area contributed by atoms with Gasteiger partial charge in [-0.25, -0.2) is 9.97 Å². The van der Waals surface area contributed by atoms with Crippen LogP contribution in [-0.4, -0.2) is 22.9 Å². The Morgan fingerprint density at radius 2 is 2.00 bits per heavy atom. The summed E-state index contributed by atoms with van der Waals surface area (Å²) >= 11 is 0. The van der Waals surface area contributed by atoms with Crippen molar-refractivity contribution in [2.24, 2.45) is 5.73 Å². The SMILES string of the molecule is COc1cccc(Oc2cnc(C(=N)N)cn2)c1. The third kappa shape index (κ3) is 2.73. The molecule has 6 heteroatoms. The maximum atomic E-state index is 7.20. The van der Waals surface area contributed by atoms with Gasteiger partial charge in [-0.2, -0.15) is 0 Å². The van der Waals surface area contributed by atoms with E-state index in [9.17, 15) is 0 Å². The van der Waals surface area contributed by atoms with Gasteiger partial charge in [0, 0.05) is 6.07 Å². The molecule has 2 rings (SSSR count). The standard InChI is InChI=1S/C12H12N4O2/c1-17-8-3-2-4-9(5-8)18-11-7-15-10(6-16-11)12(13)14/h2-7H,1H3,(H3,13,14). The Labute approximate surface area is 104 Å². The molecule has 2 aromatic rings. The lowest BCUT2D eigenvalue weighted by Crippen LogP contribution is -2.13. The Hall–Kier alpha value is -2.63. The van der Waals surface area contributed by atoms with Crippen LogP contribution in [0.15, 0.2) is 36.7 Å². The second-order valence-electron chi connectivity index (χ2n) is 3.43. The molecule has 1 heterocycles. The van der Waals surface area contributed by atoms with E-state index < -0.39 is 0 Å². The van der Waals surface area contributed by atoms with E-state index in [1.165, 1.54) is 12.4 Å². The highest BCUT2D eigenvalue weighted by atomic mass is 16.5. The molecule has 1 aromatic heterocycles. The van der Waals surface area contributed by atoms with Crippen molar-refractivity contribution < 1.29 is 9.47 Å². The van der Waals surface area contributed by atoms with Crippen molar-refractivity contribution in [1.82, 2.24) is 9.97 Å². The van der Waals surface area contributed by atoms with Crippen LogP contribution in [-0.2, 0) is 0 Å². The van der Waals surface area contributed by atoms with Crippen molar-refractivity contribution >= 4 is 5.84 Å². The minimum atomic E-state index is -0.129. The van der Waals surface area contributed by atoms with Gasteiger partial charge in [0.1, 0.15) is 23.0 Å². The van der Waals surface area contributed by atoms with Gasteiger partial charge in [0.05, 0.1) is 19.5 Å². The van der Waals surface area contributed by atoms with Crippen molar-refractivity contribution in [2.75, 3.05) is 7.11 Å². The Morgan fingerprint density at radius 3 is 2.61 bits per heavy atom. The third-order valence-corrected chi connectivity index (χ3v) is 2.17. The number of nitrogens with zero attached hydrogens (tertiary/aromatic N) is 2. The first kappa shape index (κ1) is 11.8. The molecule has 0 amide bonds. The Kier molecular flexibility index (Phi) is 3.38. The van der Waals surface area contributed by atoms with Crippen molar-refractivity contribution in [2.45, 2.75) is 0 Å². The molecule has 0 bridgehead atoms. The fourth-order valence-corrected chi connectivity index (χ4v) is 1.29. The summed E-state index contributed by atoms with van der Waals surface area (Å²) in [5, 5.41) is 7.20. The van der Waals surface area contributed by atoms with Gasteiger partial charge in [-0.15, -0.1) is 0 Å². The summed E-state index contributed by atoms with van der Waals surface area (Å²) in [6.45, 7) is 0. The molecule has 1 aromatic carbocycles. The smallest absolute Gasteiger partial charge is 0.237 e. The number of benzene rings is 1. The molecule has 92 valence electrons. The topological polar surface area (TPSA) is 94.1 Å². The fourth-order valence-electron chi connectivity index (χ4n) is 1.29. The monoisotopic (exact) mass is 244 g/mol. The van der Waals surface area contributed by atoms with Crippen LogP contribution in [0.4, 0.5) is 0 Å². The predicted molar refractivity (Wildman–Crippen MR) is 66.1 cm³/mol. The highest BCUT2D eigenvalue weighted by Crippen LogP contribution is 2.23. The van der Waals surface area contributed by atoms with Gasteiger partial charge in [-0.05, 0) is 12.1 Å². The molecular formula is C12H12N4O2. The molecule has 0 unspecified atom stereocenters. The van der Waals surface area contributed by atoms with E-state index in [1.54, 1.807) is 19.2 Å². The summed E-state index contributed by atoms with van der Waals surface area (Å²) in [6, 6.07) is 7.15. The van der Waals surface area contributed by atoms with Crippen molar-refractivity contribution in [3.63, 3.8) is 0 Å². The summed E-state index contributed by atoms with van der Waals surface area (Å²) in [5.74, 6) is 1.49. The van der Waals surface area contributed by atoms with Gasteiger partial charge < -0.3 is 15.2 Å². The van der Waals surface area contributed by atoms with Gasteiger partial charge in [0.2, 0.25) is 5.88 Å². The average Bonchev–Trinajstić information content (AvgIpc) is 2.39. The number of nitrogen functional groups attached to an aromatic ring is 1. The zero-order chi connectivity index (χ0) is 13.0. The molecule has 0 atom stereocenters. The molecule has 0 aliphatic heterocycles. The van der Waals surface area contributed by atoms with E-state index in [4.69, 9.17) is 20.6 Å². The summed E-state index contributed by atoms with van der Waals surface area (Å²) in [6.07, 6.45) is 2.80. The minimum Gasteiger partial charge on any atom is -0.497 e. The number of nitrogens with one attached hydrogen (secondary N) is 1. The van der Waals surface area contributed by atoms with E-state index in [0.717, 1.165) is 0 Å². The zero-order valence-electron chi connectivity index (χ0n) is 9.75. The van der Waals surface area contributed by atoms with Gasteiger partial charge in [-0.1, -0.05) is 6.07 Å². The number of ether oxygens (including phenoxy) is 2. The highest BCUT2D eigenvalue weighted by molar-refractivity contribution is 5.92. The zero-order valence-corrected chi connectivity index (χ0v) is 9.75. The van der Waals surface area contributed by atoms with Gasteiger partial charge in [-0.3, -0.25) is 5.41 Å². The molecule has 0 aliphatic rings. The number of nitrogens with two attached hydrogens (primary N) is 1. The van der Waals surface area contributed by atoms with E-state index in [-0.39, 0.29) is 5.84 Å². The van der Waals surface area contributed by atoms with Crippen LogP contribution in [0.25, 0.3) is 0 Å². The summed E-state index contributed by atoms with van der Waals surface area (Å²) in [4.78, 5) is 7.95. The lowest BCUT2D eigenvalue weighted by Gasteiger charge is -2.06. The molecule has 0 fully saturated rings. The van der Waals surface area contributed by atoms with Gasteiger partial charge in [0.15, 0.2) is 0 Å². The molecule has 0 spiro atoms. The number of rotatable bonds is 4. The number of hydrogen-bond donors (Lipinski definition) is 2. The second kappa shape index (κ2) is 5.13. The lowest BCUT2D eigenvalue weighted by molar-refractivity contribution is 0.407.